The maximum atomic E-state index is 12.4. The zero-order chi connectivity index (χ0) is 19.3. The highest BCUT2D eigenvalue weighted by atomic mass is 16.5. The molecule has 8 nitrogen and oxygen atoms in total. The van der Waals surface area contributed by atoms with Crippen molar-refractivity contribution in [3.05, 3.63) is 23.9 Å². The Morgan fingerprint density at radius 3 is 2.69 bits per heavy atom. The normalized spacial score (nSPS) is 17.1. The lowest BCUT2D eigenvalue weighted by Gasteiger charge is -2.32. The quantitative estimate of drug-likeness (QED) is 0.817. The van der Waals surface area contributed by atoms with Crippen molar-refractivity contribution in [2.24, 2.45) is 5.92 Å². The van der Waals surface area contributed by atoms with E-state index in [1.165, 1.54) is 23.0 Å². The van der Waals surface area contributed by atoms with E-state index in [9.17, 15) is 14.4 Å². The van der Waals surface area contributed by atoms with Crippen LogP contribution in [0.25, 0.3) is 0 Å². The molecule has 1 saturated heterocycles. The van der Waals surface area contributed by atoms with Gasteiger partial charge >= 0.3 is 5.97 Å². The first-order valence-corrected chi connectivity index (χ1v) is 8.66. The van der Waals surface area contributed by atoms with E-state index in [0.29, 0.717) is 30.8 Å². The summed E-state index contributed by atoms with van der Waals surface area (Å²) in [5, 5.41) is 9.11. The first-order valence-electron chi connectivity index (χ1n) is 8.66. The third kappa shape index (κ3) is 5.18. The second kappa shape index (κ2) is 8.64. The summed E-state index contributed by atoms with van der Waals surface area (Å²) in [4.78, 5) is 42.9. The van der Waals surface area contributed by atoms with Gasteiger partial charge in [-0.15, -0.1) is 0 Å². The van der Waals surface area contributed by atoms with Gasteiger partial charge in [0.1, 0.15) is 0 Å². The molecule has 1 aliphatic rings. The molecule has 1 aromatic rings. The third-order valence-corrected chi connectivity index (χ3v) is 4.18. The lowest BCUT2D eigenvalue weighted by atomic mass is 9.98. The number of piperidine rings is 1. The van der Waals surface area contributed by atoms with Gasteiger partial charge in [-0.05, 0) is 32.8 Å². The van der Waals surface area contributed by atoms with Crippen LogP contribution in [0.15, 0.2) is 18.3 Å². The summed E-state index contributed by atoms with van der Waals surface area (Å²) in [5.74, 6) is -1.57. The molecule has 1 atom stereocenters. The number of carbonyl (C=O) groups excluding carboxylic acids is 2. The lowest BCUT2D eigenvalue weighted by molar-refractivity contribution is -0.145. The summed E-state index contributed by atoms with van der Waals surface area (Å²) < 4.78 is 5.44. The number of hydrogen-bond acceptors (Lipinski definition) is 5. The van der Waals surface area contributed by atoms with Crippen LogP contribution in [0.5, 0.6) is 5.88 Å². The van der Waals surface area contributed by atoms with Gasteiger partial charge < -0.3 is 19.6 Å². The molecule has 1 unspecified atom stereocenters. The average Bonchev–Trinajstić information content (AvgIpc) is 2.61. The summed E-state index contributed by atoms with van der Waals surface area (Å²) >= 11 is 0. The molecular formula is C18H25N3O5. The zero-order valence-corrected chi connectivity index (χ0v) is 15.3. The molecule has 0 radical (unpaired) electrons. The van der Waals surface area contributed by atoms with Crippen molar-refractivity contribution >= 4 is 17.8 Å². The van der Waals surface area contributed by atoms with Gasteiger partial charge in [0.25, 0.3) is 5.91 Å². The average molecular weight is 363 g/mol. The fourth-order valence-corrected chi connectivity index (χ4v) is 2.82. The standard InChI is InChI=1S/C18H25N3O5/c1-12(2)26-15-7-6-13(9-19-15)17(23)20(3)11-16(22)21-8-4-5-14(10-21)18(24)25/h6-7,9,12,14H,4-5,8,10-11H2,1-3H3,(H,24,25). The Morgan fingerprint density at radius 2 is 2.12 bits per heavy atom. The van der Waals surface area contributed by atoms with Crippen LogP contribution in [0.2, 0.25) is 0 Å². The number of carboxylic acid groups (broad SMARTS) is 1. The predicted octanol–water partition coefficient (Wildman–Crippen LogP) is 1.26. The predicted molar refractivity (Wildman–Crippen MR) is 93.9 cm³/mol. The summed E-state index contributed by atoms with van der Waals surface area (Å²) in [6, 6.07) is 3.22. The van der Waals surface area contributed by atoms with E-state index in [-0.39, 0.29) is 31.0 Å². The van der Waals surface area contributed by atoms with Gasteiger partial charge in [-0.3, -0.25) is 14.4 Å². The molecule has 2 amide bonds. The van der Waals surface area contributed by atoms with Gasteiger partial charge in [-0.25, -0.2) is 4.98 Å². The molecule has 26 heavy (non-hydrogen) atoms. The Morgan fingerprint density at radius 1 is 1.38 bits per heavy atom. The van der Waals surface area contributed by atoms with Crippen LogP contribution in [-0.2, 0) is 9.59 Å². The van der Waals surface area contributed by atoms with Crippen molar-refractivity contribution in [3.8, 4) is 5.88 Å². The smallest absolute Gasteiger partial charge is 0.308 e. The van der Waals surface area contributed by atoms with Crippen molar-refractivity contribution in [2.45, 2.75) is 32.8 Å². The summed E-state index contributed by atoms with van der Waals surface area (Å²) in [6.07, 6.45) is 2.64. The number of carboxylic acids is 1. The minimum atomic E-state index is -0.887. The number of rotatable bonds is 6. The highest BCUT2D eigenvalue weighted by Crippen LogP contribution is 2.17. The molecule has 2 heterocycles. The van der Waals surface area contributed by atoms with E-state index >= 15 is 0 Å². The number of hydrogen-bond donors (Lipinski definition) is 1. The molecule has 2 rings (SSSR count). The highest BCUT2D eigenvalue weighted by Gasteiger charge is 2.29. The number of nitrogens with zero attached hydrogens (tertiary/aromatic N) is 3. The van der Waals surface area contributed by atoms with Crippen LogP contribution in [0, 0.1) is 5.92 Å². The maximum absolute atomic E-state index is 12.4. The number of aromatic nitrogens is 1. The van der Waals surface area contributed by atoms with Crippen molar-refractivity contribution in [3.63, 3.8) is 0 Å². The van der Waals surface area contributed by atoms with Gasteiger partial charge in [-0.2, -0.15) is 0 Å². The second-order valence-electron chi connectivity index (χ2n) is 6.73. The second-order valence-corrected chi connectivity index (χ2v) is 6.73. The number of likely N-dealkylation sites (N-methyl/N-ethyl adjacent to an activating group) is 1. The zero-order valence-electron chi connectivity index (χ0n) is 15.3. The van der Waals surface area contributed by atoms with Crippen LogP contribution in [0.1, 0.15) is 37.0 Å². The molecule has 0 aromatic carbocycles. The molecule has 1 N–H and O–H groups in total. The number of pyridine rings is 1. The first-order chi connectivity index (χ1) is 12.3. The molecule has 1 fully saturated rings. The van der Waals surface area contributed by atoms with E-state index < -0.39 is 11.9 Å². The van der Waals surface area contributed by atoms with E-state index in [4.69, 9.17) is 9.84 Å². The molecule has 0 bridgehead atoms. The fraction of sp³-hybridized carbons (Fsp3) is 0.556. The molecular weight excluding hydrogens is 338 g/mol. The minimum Gasteiger partial charge on any atom is -0.481 e. The lowest BCUT2D eigenvalue weighted by Crippen LogP contribution is -2.46. The van der Waals surface area contributed by atoms with Crippen molar-refractivity contribution in [1.29, 1.82) is 0 Å². The number of carbonyl (C=O) groups is 3. The molecule has 0 aliphatic carbocycles. The highest BCUT2D eigenvalue weighted by molar-refractivity contribution is 5.96. The topological polar surface area (TPSA) is 100 Å². The van der Waals surface area contributed by atoms with Gasteiger partial charge in [-0.1, -0.05) is 0 Å². The van der Waals surface area contributed by atoms with Crippen LogP contribution >= 0.6 is 0 Å². The largest absolute Gasteiger partial charge is 0.481 e. The van der Waals surface area contributed by atoms with Crippen LogP contribution in [0.4, 0.5) is 0 Å². The molecule has 1 aromatic heterocycles. The first kappa shape index (κ1) is 19.7. The van der Waals surface area contributed by atoms with Gasteiger partial charge in [0, 0.05) is 32.4 Å². The van der Waals surface area contributed by atoms with Gasteiger partial charge in [0.05, 0.1) is 24.1 Å². The SMILES string of the molecule is CC(C)Oc1ccc(C(=O)N(C)CC(=O)N2CCCC(C(=O)O)C2)cn1. The molecule has 8 heteroatoms. The Hall–Kier alpha value is -2.64. The maximum Gasteiger partial charge on any atom is 0.308 e. The monoisotopic (exact) mass is 363 g/mol. The Balaban J connectivity index is 1.93. The number of likely N-dealkylation sites (tertiary alicyclic amines) is 1. The fourth-order valence-electron chi connectivity index (χ4n) is 2.82. The Bertz CT molecular complexity index is 659. The van der Waals surface area contributed by atoms with Crippen molar-refractivity contribution in [2.75, 3.05) is 26.7 Å². The van der Waals surface area contributed by atoms with Crippen LogP contribution in [-0.4, -0.2) is 70.5 Å². The minimum absolute atomic E-state index is 0.0106. The van der Waals surface area contributed by atoms with E-state index in [0.717, 1.165) is 0 Å². The van der Waals surface area contributed by atoms with Crippen molar-refractivity contribution in [1.82, 2.24) is 14.8 Å². The summed E-state index contributed by atoms with van der Waals surface area (Å²) in [7, 11) is 1.54. The number of ether oxygens (including phenoxy) is 1. The van der Waals surface area contributed by atoms with E-state index in [1.54, 1.807) is 12.1 Å². The molecule has 0 spiro atoms. The Labute approximate surface area is 152 Å². The molecule has 1 aliphatic heterocycles. The summed E-state index contributed by atoms with van der Waals surface area (Å²) in [6.45, 7) is 4.38. The van der Waals surface area contributed by atoms with Crippen LogP contribution in [0.3, 0.4) is 0 Å². The van der Waals surface area contributed by atoms with Gasteiger partial charge in [0.15, 0.2) is 0 Å². The third-order valence-electron chi connectivity index (χ3n) is 4.18. The number of amides is 2. The van der Waals surface area contributed by atoms with Gasteiger partial charge in [0.2, 0.25) is 11.8 Å². The van der Waals surface area contributed by atoms with E-state index in [1.807, 2.05) is 13.8 Å². The van der Waals surface area contributed by atoms with Crippen LogP contribution < -0.4 is 4.74 Å². The number of aliphatic carboxylic acids is 1. The van der Waals surface area contributed by atoms with Crippen molar-refractivity contribution < 1.29 is 24.2 Å². The molecule has 142 valence electrons. The Kier molecular flexibility index (Phi) is 6.54. The molecule has 0 saturated carbocycles. The summed E-state index contributed by atoms with van der Waals surface area (Å²) in [5.41, 5.74) is 0.360. The van der Waals surface area contributed by atoms with E-state index in [2.05, 4.69) is 4.98 Å².